The van der Waals surface area contributed by atoms with E-state index in [1.807, 2.05) is 36.4 Å². The number of amides is 2. The smallest absolute Gasteiger partial charge is 0.407 e. The average molecular weight is 455 g/mol. The number of carboxylic acid groups (broad SMARTS) is 1. The van der Waals surface area contributed by atoms with Crippen LogP contribution >= 0.6 is 0 Å². The van der Waals surface area contributed by atoms with Crippen LogP contribution in [0.15, 0.2) is 48.5 Å². The van der Waals surface area contributed by atoms with Gasteiger partial charge in [-0.05, 0) is 49.9 Å². The van der Waals surface area contributed by atoms with Crippen molar-refractivity contribution in [2.45, 2.75) is 39.2 Å². The molecule has 0 aliphatic heterocycles. The molecular weight excluding hydrogens is 424 g/mol. The van der Waals surface area contributed by atoms with Gasteiger partial charge in [0.2, 0.25) is 0 Å². The van der Waals surface area contributed by atoms with E-state index in [0.717, 1.165) is 27.3 Å². The number of benzene rings is 2. The van der Waals surface area contributed by atoms with Crippen molar-refractivity contribution >= 4 is 18.0 Å². The third-order valence-corrected chi connectivity index (χ3v) is 6.52. The van der Waals surface area contributed by atoms with Gasteiger partial charge in [-0.2, -0.15) is 0 Å². The van der Waals surface area contributed by atoms with Crippen molar-refractivity contribution < 1.29 is 29.1 Å². The summed E-state index contributed by atoms with van der Waals surface area (Å²) in [7, 11) is 1.34. The topological polar surface area (TPSA) is 105 Å². The molecule has 0 atom stereocenters. The minimum absolute atomic E-state index is 0.0727. The quantitative estimate of drug-likeness (QED) is 0.588. The van der Waals surface area contributed by atoms with Crippen LogP contribution < -0.4 is 5.32 Å². The molecule has 2 N–H and O–H groups in total. The Balaban J connectivity index is 1.66. The lowest BCUT2D eigenvalue weighted by Gasteiger charge is -2.41. The second-order valence-electron chi connectivity index (χ2n) is 9.17. The number of carboxylic acids is 1. The van der Waals surface area contributed by atoms with Gasteiger partial charge in [-0.15, -0.1) is 0 Å². The summed E-state index contributed by atoms with van der Waals surface area (Å²) in [5.41, 5.74) is 2.35. The van der Waals surface area contributed by atoms with Gasteiger partial charge in [0, 0.05) is 13.0 Å². The van der Waals surface area contributed by atoms with Crippen LogP contribution in [0, 0.1) is 5.41 Å². The fourth-order valence-electron chi connectivity index (χ4n) is 3.92. The molecule has 2 aromatic rings. The molecule has 0 aromatic heterocycles. The molecule has 176 valence electrons. The van der Waals surface area contributed by atoms with E-state index >= 15 is 0 Å². The largest absolute Gasteiger partial charge is 0.479 e. The number of fused-ring (bicyclic) bond motifs is 3. The average Bonchev–Trinajstić information content (AvgIpc) is 3.08. The van der Waals surface area contributed by atoms with E-state index < -0.39 is 35.5 Å². The summed E-state index contributed by atoms with van der Waals surface area (Å²) in [5, 5.41) is 12.4. The minimum Gasteiger partial charge on any atom is -0.479 e. The van der Waals surface area contributed by atoms with E-state index in [-0.39, 0.29) is 12.5 Å². The van der Waals surface area contributed by atoms with Crippen LogP contribution in [0.4, 0.5) is 4.79 Å². The van der Waals surface area contributed by atoms with E-state index in [0.29, 0.717) is 0 Å². The zero-order chi connectivity index (χ0) is 24.4. The molecule has 0 saturated carbocycles. The molecule has 0 radical (unpaired) electrons. The number of nitrogens with one attached hydrogen (secondary N) is 1. The number of hydroxylamine groups is 2. The summed E-state index contributed by atoms with van der Waals surface area (Å²) in [5.74, 6) is -1.74. The summed E-state index contributed by atoms with van der Waals surface area (Å²) in [6, 6.07) is 16.1. The highest BCUT2D eigenvalue weighted by Gasteiger charge is 2.46. The SMILES string of the molecule is CN(OCC(=O)O)C(=O)C(C)(C)C(C)(C)NC(=O)OCC1c2ccccc2-c2ccccc21. The number of aliphatic carboxylic acids is 1. The normalized spacial score (nSPS) is 13.1. The molecule has 0 spiro atoms. The lowest BCUT2D eigenvalue weighted by molar-refractivity contribution is -0.196. The Bertz CT molecular complexity index is 1020. The highest BCUT2D eigenvalue weighted by Crippen LogP contribution is 2.44. The Morgan fingerprint density at radius 1 is 0.970 bits per heavy atom. The van der Waals surface area contributed by atoms with Crippen LogP contribution in [0.25, 0.3) is 11.1 Å². The molecule has 3 rings (SSSR count). The number of alkyl carbamates (subject to hydrolysis) is 1. The van der Waals surface area contributed by atoms with E-state index in [4.69, 9.17) is 14.7 Å². The molecule has 33 heavy (non-hydrogen) atoms. The Labute approximate surface area is 193 Å². The molecule has 2 aromatic carbocycles. The number of hydrogen-bond acceptors (Lipinski definition) is 5. The molecule has 1 aliphatic carbocycles. The Hall–Kier alpha value is -3.39. The van der Waals surface area contributed by atoms with E-state index in [2.05, 4.69) is 17.4 Å². The molecular formula is C25H30N2O6. The molecule has 0 heterocycles. The summed E-state index contributed by atoms with van der Waals surface area (Å²) in [4.78, 5) is 41.3. The molecule has 2 amide bonds. The first-order valence-electron chi connectivity index (χ1n) is 10.7. The van der Waals surface area contributed by atoms with Crippen LogP contribution in [-0.2, 0) is 19.2 Å². The van der Waals surface area contributed by atoms with E-state index in [1.165, 1.54) is 7.05 Å². The molecule has 0 unspecified atom stereocenters. The molecule has 8 nitrogen and oxygen atoms in total. The number of nitrogens with zero attached hydrogens (tertiary/aromatic N) is 1. The standard InChI is InChI=1S/C25H30N2O6/c1-24(2,22(30)27(5)33-15-21(28)29)25(3,4)26-23(31)32-14-20-18-12-8-6-10-16(18)17-11-7-9-13-19(17)20/h6-13,20H,14-15H2,1-5H3,(H,26,31)(H,28,29). The molecule has 1 aliphatic rings. The second kappa shape index (κ2) is 9.23. The summed E-state index contributed by atoms with van der Waals surface area (Å²) in [6.45, 7) is 6.23. The van der Waals surface area contributed by atoms with Crippen molar-refractivity contribution in [1.82, 2.24) is 10.4 Å². The first kappa shape index (κ1) is 24.3. The van der Waals surface area contributed by atoms with Gasteiger partial charge in [-0.1, -0.05) is 48.5 Å². The minimum atomic E-state index is -1.19. The van der Waals surface area contributed by atoms with Gasteiger partial charge in [-0.3, -0.25) is 9.63 Å². The van der Waals surface area contributed by atoms with Crippen molar-refractivity contribution in [2.75, 3.05) is 20.3 Å². The zero-order valence-corrected chi connectivity index (χ0v) is 19.5. The fourth-order valence-corrected chi connectivity index (χ4v) is 3.92. The third kappa shape index (κ3) is 4.85. The van der Waals surface area contributed by atoms with Crippen molar-refractivity contribution in [3.8, 4) is 11.1 Å². The zero-order valence-electron chi connectivity index (χ0n) is 19.5. The number of carbonyl (C=O) groups excluding carboxylic acids is 2. The predicted octanol–water partition coefficient (Wildman–Crippen LogP) is 3.80. The molecule has 0 fully saturated rings. The second-order valence-corrected chi connectivity index (χ2v) is 9.17. The summed E-state index contributed by atoms with van der Waals surface area (Å²) >= 11 is 0. The first-order valence-corrected chi connectivity index (χ1v) is 10.7. The molecule has 0 bridgehead atoms. The number of carbonyl (C=O) groups is 3. The summed E-state index contributed by atoms with van der Waals surface area (Å²) < 4.78 is 5.61. The number of ether oxygens (including phenoxy) is 1. The summed E-state index contributed by atoms with van der Waals surface area (Å²) in [6.07, 6.45) is -0.642. The lowest BCUT2D eigenvalue weighted by Crippen LogP contribution is -2.59. The lowest BCUT2D eigenvalue weighted by atomic mass is 9.73. The highest BCUT2D eigenvalue weighted by atomic mass is 16.7. The molecule has 8 heteroatoms. The van der Waals surface area contributed by atoms with Crippen molar-refractivity contribution in [3.05, 3.63) is 59.7 Å². The Morgan fingerprint density at radius 3 is 2.00 bits per heavy atom. The third-order valence-electron chi connectivity index (χ3n) is 6.52. The Kier molecular flexibility index (Phi) is 6.78. The van der Waals surface area contributed by atoms with Gasteiger partial charge < -0.3 is 15.2 Å². The van der Waals surface area contributed by atoms with Crippen LogP contribution in [0.5, 0.6) is 0 Å². The van der Waals surface area contributed by atoms with Crippen LogP contribution in [0.3, 0.4) is 0 Å². The first-order chi connectivity index (χ1) is 15.5. The maximum atomic E-state index is 12.9. The van der Waals surface area contributed by atoms with Crippen molar-refractivity contribution in [1.29, 1.82) is 0 Å². The van der Waals surface area contributed by atoms with Crippen LogP contribution in [-0.4, -0.2) is 53.9 Å². The van der Waals surface area contributed by atoms with Crippen LogP contribution in [0.1, 0.15) is 44.7 Å². The van der Waals surface area contributed by atoms with Crippen LogP contribution in [0.2, 0.25) is 0 Å². The highest BCUT2D eigenvalue weighted by molar-refractivity contribution is 5.84. The van der Waals surface area contributed by atoms with Gasteiger partial charge in [0.15, 0.2) is 6.61 Å². The van der Waals surface area contributed by atoms with Gasteiger partial charge >= 0.3 is 12.1 Å². The fraction of sp³-hybridized carbons (Fsp3) is 0.400. The number of hydrogen-bond donors (Lipinski definition) is 2. The monoisotopic (exact) mass is 454 g/mol. The van der Waals surface area contributed by atoms with Gasteiger partial charge in [0.05, 0.1) is 11.0 Å². The van der Waals surface area contributed by atoms with E-state index in [9.17, 15) is 14.4 Å². The maximum Gasteiger partial charge on any atom is 0.407 e. The van der Waals surface area contributed by atoms with Gasteiger partial charge in [-0.25, -0.2) is 14.7 Å². The Morgan fingerprint density at radius 2 is 1.48 bits per heavy atom. The van der Waals surface area contributed by atoms with Crippen molar-refractivity contribution in [2.24, 2.45) is 5.41 Å². The maximum absolute atomic E-state index is 12.9. The van der Waals surface area contributed by atoms with Crippen molar-refractivity contribution in [3.63, 3.8) is 0 Å². The molecule has 0 saturated heterocycles. The van der Waals surface area contributed by atoms with Gasteiger partial charge in [0.1, 0.15) is 6.61 Å². The van der Waals surface area contributed by atoms with E-state index in [1.54, 1.807) is 27.7 Å². The van der Waals surface area contributed by atoms with Gasteiger partial charge in [0.25, 0.3) is 5.91 Å². The predicted molar refractivity (Wildman–Crippen MR) is 122 cm³/mol. The number of rotatable bonds is 8.